The lowest BCUT2D eigenvalue weighted by atomic mass is 10.0. The second kappa shape index (κ2) is 5.72. The Bertz CT molecular complexity index is 727. The highest BCUT2D eigenvalue weighted by molar-refractivity contribution is 5.76. The van der Waals surface area contributed by atoms with Crippen LogP contribution in [0.1, 0.15) is 19.3 Å². The van der Waals surface area contributed by atoms with Gasteiger partial charge in [-0.2, -0.15) is 13.2 Å². The van der Waals surface area contributed by atoms with Crippen LogP contribution >= 0.6 is 0 Å². The minimum absolute atomic E-state index is 0.0229. The van der Waals surface area contributed by atoms with Crippen LogP contribution in [0, 0.1) is 0 Å². The first-order chi connectivity index (χ1) is 10.4. The molecule has 0 saturated carbocycles. The SMILES string of the molecule is O=c1c2ccccc2ncn1CC1CCCC(C(F)(F)F)O1. The number of rotatable bonds is 2. The second-order valence-electron chi connectivity index (χ2n) is 5.44. The monoisotopic (exact) mass is 312 g/mol. The molecule has 1 aliphatic rings. The molecule has 1 aromatic heterocycles. The molecule has 0 radical (unpaired) electrons. The maximum atomic E-state index is 12.7. The third kappa shape index (κ3) is 2.99. The van der Waals surface area contributed by atoms with E-state index in [2.05, 4.69) is 4.98 Å². The van der Waals surface area contributed by atoms with Gasteiger partial charge in [-0.3, -0.25) is 9.36 Å². The zero-order valence-corrected chi connectivity index (χ0v) is 11.7. The van der Waals surface area contributed by atoms with Gasteiger partial charge in [0.05, 0.1) is 29.9 Å². The summed E-state index contributed by atoms with van der Waals surface area (Å²) in [7, 11) is 0. The van der Waals surface area contributed by atoms with Crippen LogP contribution in [0.25, 0.3) is 10.9 Å². The molecule has 0 N–H and O–H groups in total. The summed E-state index contributed by atoms with van der Waals surface area (Å²) in [5.74, 6) is 0. The van der Waals surface area contributed by atoms with Crippen LogP contribution in [0.4, 0.5) is 13.2 Å². The predicted molar refractivity (Wildman–Crippen MR) is 74.6 cm³/mol. The molecule has 1 saturated heterocycles. The summed E-state index contributed by atoms with van der Waals surface area (Å²) in [6, 6.07) is 6.88. The van der Waals surface area contributed by atoms with Crippen molar-refractivity contribution in [1.82, 2.24) is 9.55 Å². The molecule has 2 aromatic rings. The molecule has 3 rings (SSSR count). The average Bonchev–Trinajstić information content (AvgIpc) is 2.50. The number of alkyl halides is 3. The molecule has 4 nitrogen and oxygen atoms in total. The van der Waals surface area contributed by atoms with Gasteiger partial charge in [0.1, 0.15) is 0 Å². The van der Waals surface area contributed by atoms with Gasteiger partial charge in [-0.05, 0) is 31.4 Å². The number of nitrogens with zero attached hydrogens (tertiary/aromatic N) is 2. The predicted octanol–water partition coefficient (Wildman–Crippen LogP) is 2.90. The molecule has 22 heavy (non-hydrogen) atoms. The highest BCUT2D eigenvalue weighted by Crippen LogP contribution is 2.32. The molecule has 0 bridgehead atoms. The van der Waals surface area contributed by atoms with E-state index < -0.39 is 18.4 Å². The summed E-state index contributed by atoms with van der Waals surface area (Å²) in [4.78, 5) is 16.5. The van der Waals surface area contributed by atoms with Crippen LogP contribution in [-0.2, 0) is 11.3 Å². The minimum Gasteiger partial charge on any atom is -0.364 e. The lowest BCUT2D eigenvalue weighted by molar-refractivity contribution is -0.246. The Hall–Kier alpha value is -1.89. The van der Waals surface area contributed by atoms with Crippen molar-refractivity contribution in [2.24, 2.45) is 0 Å². The van der Waals surface area contributed by atoms with E-state index in [-0.39, 0.29) is 18.5 Å². The van der Waals surface area contributed by atoms with E-state index >= 15 is 0 Å². The molecule has 1 aromatic carbocycles. The van der Waals surface area contributed by atoms with Gasteiger partial charge in [0.2, 0.25) is 0 Å². The largest absolute Gasteiger partial charge is 0.414 e. The first-order valence-electron chi connectivity index (χ1n) is 7.11. The quantitative estimate of drug-likeness (QED) is 0.856. The molecular formula is C15H15F3N2O2. The van der Waals surface area contributed by atoms with Crippen molar-refractivity contribution < 1.29 is 17.9 Å². The molecule has 0 amide bonds. The minimum atomic E-state index is -4.36. The Morgan fingerprint density at radius 2 is 2.05 bits per heavy atom. The van der Waals surface area contributed by atoms with Crippen LogP contribution in [0.5, 0.6) is 0 Å². The van der Waals surface area contributed by atoms with E-state index in [1.807, 2.05) is 0 Å². The van der Waals surface area contributed by atoms with Crippen molar-refractivity contribution in [3.05, 3.63) is 40.9 Å². The van der Waals surface area contributed by atoms with E-state index in [1.54, 1.807) is 24.3 Å². The van der Waals surface area contributed by atoms with Crippen LogP contribution < -0.4 is 5.56 Å². The van der Waals surface area contributed by atoms with Gasteiger partial charge in [0.15, 0.2) is 6.10 Å². The Labute approximate surface area is 124 Å². The van der Waals surface area contributed by atoms with Crippen LogP contribution in [0.15, 0.2) is 35.4 Å². The Morgan fingerprint density at radius 1 is 1.27 bits per heavy atom. The number of benzene rings is 1. The van der Waals surface area contributed by atoms with Crippen molar-refractivity contribution in [3.63, 3.8) is 0 Å². The highest BCUT2D eigenvalue weighted by atomic mass is 19.4. The fourth-order valence-corrected chi connectivity index (χ4v) is 2.73. The lowest BCUT2D eigenvalue weighted by Crippen LogP contribution is -2.41. The van der Waals surface area contributed by atoms with Gasteiger partial charge in [-0.25, -0.2) is 4.98 Å². The zero-order chi connectivity index (χ0) is 15.7. The van der Waals surface area contributed by atoms with Gasteiger partial charge >= 0.3 is 6.18 Å². The van der Waals surface area contributed by atoms with Crippen molar-refractivity contribution in [1.29, 1.82) is 0 Å². The number of fused-ring (bicyclic) bond motifs is 1. The lowest BCUT2D eigenvalue weighted by Gasteiger charge is -2.31. The molecule has 2 heterocycles. The number of hydrogen-bond acceptors (Lipinski definition) is 3. The Morgan fingerprint density at radius 3 is 2.82 bits per heavy atom. The van der Waals surface area contributed by atoms with Crippen LogP contribution in [0.3, 0.4) is 0 Å². The van der Waals surface area contributed by atoms with E-state index in [0.29, 0.717) is 23.7 Å². The molecule has 7 heteroatoms. The van der Waals surface area contributed by atoms with E-state index in [1.165, 1.54) is 10.9 Å². The van der Waals surface area contributed by atoms with Gasteiger partial charge in [0.25, 0.3) is 5.56 Å². The molecular weight excluding hydrogens is 297 g/mol. The third-order valence-corrected chi connectivity index (χ3v) is 3.85. The summed E-state index contributed by atoms with van der Waals surface area (Å²) in [6.45, 7) is 0.0866. The fraction of sp³-hybridized carbons (Fsp3) is 0.467. The Balaban J connectivity index is 1.81. The number of para-hydroxylation sites is 1. The van der Waals surface area contributed by atoms with E-state index in [0.717, 1.165) is 0 Å². The standard InChI is InChI=1S/C15H15F3N2O2/c16-15(17,18)13-7-3-4-10(22-13)8-20-9-19-12-6-2-1-5-11(12)14(20)21/h1-2,5-6,9-10,13H,3-4,7-8H2. The smallest absolute Gasteiger partial charge is 0.364 e. The molecule has 0 spiro atoms. The van der Waals surface area contributed by atoms with Crippen LogP contribution in [-0.4, -0.2) is 27.9 Å². The maximum Gasteiger partial charge on any atom is 0.414 e. The summed E-state index contributed by atoms with van der Waals surface area (Å²) in [5.41, 5.74) is 0.310. The van der Waals surface area contributed by atoms with Crippen LogP contribution in [0.2, 0.25) is 0 Å². The fourth-order valence-electron chi connectivity index (χ4n) is 2.73. The number of hydrogen-bond donors (Lipinski definition) is 0. The number of ether oxygens (including phenoxy) is 1. The third-order valence-electron chi connectivity index (χ3n) is 3.85. The summed E-state index contributed by atoms with van der Waals surface area (Å²) < 4.78 is 44.6. The molecule has 1 aliphatic heterocycles. The van der Waals surface area contributed by atoms with Gasteiger partial charge < -0.3 is 4.74 Å². The van der Waals surface area contributed by atoms with Crippen molar-refractivity contribution in [3.8, 4) is 0 Å². The summed E-state index contributed by atoms with van der Waals surface area (Å²) in [5, 5.41) is 0.452. The van der Waals surface area contributed by atoms with Gasteiger partial charge in [0, 0.05) is 0 Å². The second-order valence-corrected chi connectivity index (χ2v) is 5.44. The highest BCUT2D eigenvalue weighted by Gasteiger charge is 2.43. The first kappa shape index (κ1) is 15.0. The topological polar surface area (TPSA) is 44.1 Å². The average molecular weight is 312 g/mol. The van der Waals surface area contributed by atoms with Gasteiger partial charge in [-0.15, -0.1) is 0 Å². The molecule has 1 fully saturated rings. The molecule has 2 atom stereocenters. The Kier molecular flexibility index (Phi) is 3.90. The van der Waals surface area contributed by atoms with Crippen molar-refractivity contribution in [2.75, 3.05) is 0 Å². The van der Waals surface area contributed by atoms with E-state index in [9.17, 15) is 18.0 Å². The summed E-state index contributed by atoms with van der Waals surface area (Å²) >= 11 is 0. The first-order valence-corrected chi connectivity index (χ1v) is 7.11. The maximum absolute atomic E-state index is 12.7. The van der Waals surface area contributed by atoms with Crippen molar-refractivity contribution in [2.45, 2.75) is 44.2 Å². The molecule has 0 aliphatic carbocycles. The van der Waals surface area contributed by atoms with Crippen molar-refractivity contribution >= 4 is 10.9 Å². The molecule has 2 unspecified atom stereocenters. The normalized spacial score (nSPS) is 22.9. The van der Waals surface area contributed by atoms with E-state index in [4.69, 9.17) is 4.74 Å². The number of halogens is 3. The molecule has 118 valence electrons. The summed E-state index contributed by atoms with van der Waals surface area (Å²) in [6.07, 6.45) is -4.44. The van der Waals surface area contributed by atoms with Gasteiger partial charge in [-0.1, -0.05) is 12.1 Å². The zero-order valence-electron chi connectivity index (χ0n) is 11.7. The number of aromatic nitrogens is 2.